The molecule has 88 valence electrons. The molecule has 2 rings (SSSR count). The number of ether oxygens (including phenoxy) is 1. The first-order chi connectivity index (χ1) is 7.85. The Bertz CT molecular complexity index is 334. The summed E-state index contributed by atoms with van der Waals surface area (Å²) in [7, 11) is 0. The van der Waals surface area contributed by atoms with Gasteiger partial charge in [0.15, 0.2) is 0 Å². The zero-order chi connectivity index (χ0) is 11.4. The van der Waals surface area contributed by atoms with E-state index in [1.54, 1.807) is 0 Å². The highest BCUT2D eigenvalue weighted by molar-refractivity contribution is 5.26. The molecule has 0 saturated carbocycles. The van der Waals surface area contributed by atoms with E-state index in [4.69, 9.17) is 10.6 Å². The second-order valence-electron chi connectivity index (χ2n) is 4.37. The normalized spacial score (nSPS) is 22.2. The van der Waals surface area contributed by atoms with Crippen molar-refractivity contribution in [3.05, 3.63) is 35.4 Å². The van der Waals surface area contributed by atoms with Crippen molar-refractivity contribution in [1.29, 1.82) is 0 Å². The van der Waals surface area contributed by atoms with Gasteiger partial charge in [-0.2, -0.15) is 0 Å². The number of aryl methyl sites for hydroxylation is 1. The summed E-state index contributed by atoms with van der Waals surface area (Å²) in [6.45, 7) is 3.84. The van der Waals surface area contributed by atoms with Crippen LogP contribution in [0.1, 0.15) is 30.5 Å². The topological polar surface area (TPSA) is 47.3 Å². The fraction of sp³-hybridized carbons (Fsp3) is 0.538. The molecular formula is C13H20N2O. The van der Waals surface area contributed by atoms with Crippen molar-refractivity contribution in [3.8, 4) is 0 Å². The molecule has 1 aliphatic rings. The van der Waals surface area contributed by atoms with Gasteiger partial charge in [-0.25, -0.2) is 0 Å². The Hall–Kier alpha value is -0.900. The third kappa shape index (κ3) is 2.43. The number of hydrogen-bond donors (Lipinski definition) is 2. The van der Waals surface area contributed by atoms with Crippen molar-refractivity contribution in [1.82, 2.24) is 5.43 Å². The first-order valence-corrected chi connectivity index (χ1v) is 5.98. The molecule has 0 aliphatic carbocycles. The fourth-order valence-electron chi connectivity index (χ4n) is 2.33. The van der Waals surface area contributed by atoms with Crippen molar-refractivity contribution < 1.29 is 4.74 Å². The first kappa shape index (κ1) is 11.6. The van der Waals surface area contributed by atoms with Gasteiger partial charge < -0.3 is 4.74 Å². The lowest BCUT2D eigenvalue weighted by Gasteiger charge is -2.22. The van der Waals surface area contributed by atoms with E-state index in [-0.39, 0.29) is 6.04 Å². The number of benzene rings is 1. The fourth-order valence-corrected chi connectivity index (χ4v) is 2.33. The van der Waals surface area contributed by atoms with Crippen molar-refractivity contribution in [2.24, 2.45) is 11.8 Å². The largest absolute Gasteiger partial charge is 0.381 e. The van der Waals surface area contributed by atoms with Gasteiger partial charge in [-0.05, 0) is 24.0 Å². The van der Waals surface area contributed by atoms with Crippen LogP contribution in [0.4, 0.5) is 0 Å². The van der Waals surface area contributed by atoms with Crippen molar-refractivity contribution in [2.45, 2.75) is 25.8 Å². The summed E-state index contributed by atoms with van der Waals surface area (Å²) in [6.07, 6.45) is 2.15. The van der Waals surface area contributed by atoms with E-state index in [1.807, 2.05) is 0 Å². The molecule has 3 N–H and O–H groups in total. The summed E-state index contributed by atoms with van der Waals surface area (Å²) < 4.78 is 5.42. The molecule has 1 heterocycles. The summed E-state index contributed by atoms with van der Waals surface area (Å²) in [5, 5.41) is 0. The molecule has 2 unspecified atom stereocenters. The van der Waals surface area contributed by atoms with Gasteiger partial charge in [0.25, 0.3) is 0 Å². The van der Waals surface area contributed by atoms with E-state index < -0.39 is 0 Å². The molecule has 1 fully saturated rings. The third-order valence-electron chi connectivity index (χ3n) is 3.33. The maximum atomic E-state index is 5.67. The van der Waals surface area contributed by atoms with Gasteiger partial charge in [-0.15, -0.1) is 0 Å². The Labute approximate surface area is 97.0 Å². The molecule has 2 atom stereocenters. The molecule has 1 saturated heterocycles. The number of hydrogen-bond acceptors (Lipinski definition) is 3. The average Bonchev–Trinajstić information content (AvgIpc) is 2.84. The maximum absolute atomic E-state index is 5.67. The van der Waals surface area contributed by atoms with Gasteiger partial charge in [0.2, 0.25) is 0 Å². The van der Waals surface area contributed by atoms with Crippen molar-refractivity contribution >= 4 is 0 Å². The van der Waals surface area contributed by atoms with Crippen LogP contribution in [-0.4, -0.2) is 13.2 Å². The van der Waals surface area contributed by atoms with Gasteiger partial charge in [0.1, 0.15) is 0 Å². The number of rotatable bonds is 4. The highest BCUT2D eigenvalue weighted by Crippen LogP contribution is 2.28. The van der Waals surface area contributed by atoms with Gasteiger partial charge >= 0.3 is 0 Å². The van der Waals surface area contributed by atoms with Gasteiger partial charge in [-0.1, -0.05) is 31.2 Å². The van der Waals surface area contributed by atoms with Crippen LogP contribution in [0.5, 0.6) is 0 Å². The van der Waals surface area contributed by atoms with Gasteiger partial charge in [0.05, 0.1) is 12.6 Å². The van der Waals surface area contributed by atoms with E-state index in [0.29, 0.717) is 5.92 Å². The molecule has 1 aromatic rings. The third-order valence-corrected chi connectivity index (χ3v) is 3.33. The van der Waals surface area contributed by atoms with Crippen LogP contribution in [0.25, 0.3) is 0 Å². The zero-order valence-electron chi connectivity index (χ0n) is 9.78. The highest BCUT2D eigenvalue weighted by Gasteiger charge is 2.26. The Morgan fingerprint density at radius 2 is 2.44 bits per heavy atom. The number of nitrogens with two attached hydrogens (primary N) is 1. The monoisotopic (exact) mass is 220 g/mol. The summed E-state index contributed by atoms with van der Waals surface area (Å²) in [4.78, 5) is 0. The van der Waals surface area contributed by atoms with E-state index in [1.165, 1.54) is 11.1 Å². The van der Waals surface area contributed by atoms with E-state index in [2.05, 4.69) is 36.6 Å². The van der Waals surface area contributed by atoms with Gasteiger partial charge in [-0.3, -0.25) is 11.3 Å². The van der Waals surface area contributed by atoms with Crippen LogP contribution < -0.4 is 11.3 Å². The van der Waals surface area contributed by atoms with Crippen LogP contribution in [0, 0.1) is 5.92 Å². The quantitative estimate of drug-likeness (QED) is 0.600. The smallest absolute Gasteiger partial charge is 0.0513 e. The summed E-state index contributed by atoms with van der Waals surface area (Å²) >= 11 is 0. The molecule has 0 spiro atoms. The lowest BCUT2D eigenvalue weighted by Crippen LogP contribution is -2.33. The van der Waals surface area contributed by atoms with Crippen LogP contribution in [0.2, 0.25) is 0 Å². The van der Waals surface area contributed by atoms with Gasteiger partial charge in [0, 0.05) is 12.5 Å². The molecule has 0 aromatic heterocycles. The van der Waals surface area contributed by atoms with Crippen LogP contribution in [0.3, 0.4) is 0 Å². The number of hydrazine groups is 1. The zero-order valence-corrected chi connectivity index (χ0v) is 9.78. The van der Waals surface area contributed by atoms with E-state index in [9.17, 15) is 0 Å². The number of nitrogens with one attached hydrogen (secondary N) is 1. The molecular weight excluding hydrogens is 200 g/mol. The summed E-state index contributed by atoms with van der Waals surface area (Å²) in [5.74, 6) is 6.17. The second-order valence-corrected chi connectivity index (χ2v) is 4.37. The minimum absolute atomic E-state index is 0.217. The lowest BCUT2D eigenvalue weighted by molar-refractivity contribution is 0.177. The summed E-state index contributed by atoms with van der Waals surface area (Å²) in [5.41, 5.74) is 5.56. The Morgan fingerprint density at radius 3 is 3.06 bits per heavy atom. The molecule has 0 amide bonds. The summed E-state index contributed by atoms with van der Waals surface area (Å²) in [6, 6.07) is 8.86. The van der Waals surface area contributed by atoms with Crippen LogP contribution >= 0.6 is 0 Å². The minimum atomic E-state index is 0.217. The van der Waals surface area contributed by atoms with Crippen LogP contribution in [0.15, 0.2) is 24.3 Å². The molecule has 1 aromatic carbocycles. The van der Waals surface area contributed by atoms with Crippen molar-refractivity contribution in [3.63, 3.8) is 0 Å². The van der Waals surface area contributed by atoms with Crippen molar-refractivity contribution in [2.75, 3.05) is 13.2 Å². The van der Waals surface area contributed by atoms with E-state index >= 15 is 0 Å². The predicted octanol–water partition coefficient (Wildman–Crippen LogP) is 1.79. The predicted molar refractivity (Wildman–Crippen MR) is 64.8 cm³/mol. The molecule has 3 heteroatoms. The molecule has 3 nitrogen and oxygen atoms in total. The standard InChI is InChI=1S/C13H20N2O/c1-2-10-4-3-5-11(8-10)13(15-14)12-6-7-16-9-12/h3-5,8,12-13,15H,2,6-7,9,14H2,1H3. The molecule has 16 heavy (non-hydrogen) atoms. The Morgan fingerprint density at radius 1 is 1.56 bits per heavy atom. The molecule has 1 aliphatic heterocycles. The lowest BCUT2D eigenvalue weighted by atomic mass is 9.92. The Balaban J connectivity index is 2.18. The average molecular weight is 220 g/mol. The van der Waals surface area contributed by atoms with E-state index in [0.717, 1.165) is 26.1 Å². The van der Waals surface area contributed by atoms with Crippen LogP contribution in [-0.2, 0) is 11.2 Å². The maximum Gasteiger partial charge on any atom is 0.0513 e. The second kappa shape index (κ2) is 5.43. The minimum Gasteiger partial charge on any atom is -0.381 e. The molecule has 0 bridgehead atoms. The highest BCUT2D eigenvalue weighted by atomic mass is 16.5. The first-order valence-electron chi connectivity index (χ1n) is 5.98. The Kier molecular flexibility index (Phi) is 3.93. The SMILES string of the molecule is CCc1cccc(C(NN)C2CCOC2)c1. The molecule has 0 radical (unpaired) electrons.